The van der Waals surface area contributed by atoms with E-state index in [1.165, 1.54) is 21.6 Å². The van der Waals surface area contributed by atoms with Gasteiger partial charge >= 0.3 is 5.97 Å². The fourth-order valence-corrected chi connectivity index (χ4v) is 2.03. The van der Waals surface area contributed by atoms with E-state index in [2.05, 4.69) is 4.74 Å². The lowest BCUT2D eigenvalue weighted by molar-refractivity contribution is -0.137. The number of aliphatic hydroxyl groups excluding tert-OH is 1. The van der Waals surface area contributed by atoms with Crippen molar-refractivity contribution in [2.24, 2.45) is 5.73 Å². The van der Waals surface area contributed by atoms with E-state index >= 15 is 0 Å². The van der Waals surface area contributed by atoms with Gasteiger partial charge in [0.25, 0.3) is 0 Å². The van der Waals surface area contributed by atoms with Crippen LogP contribution in [-0.4, -0.2) is 40.7 Å². The van der Waals surface area contributed by atoms with Crippen molar-refractivity contribution in [3.63, 3.8) is 0 Å². The standard InChI is InChI=1S/C5H11NO4S2/c6-4(5(8)9)1-11-12-3-10-2-7/h4,7H,1-3,6H2,(H,8,9). The third-order valence-electron chi connectivity index (χ3n) is 0.871. The first-order chi connectivity index (χ1) is 5.68. The third-order valence-corrected chi connectivity index (χ3v) is 2.99. The number of carboxylic acids is 1. The molecule has 7 heteroatoms. The van der Waals surface area contributed by atoms with Gasteiger partial charge in [0.05, 0.1) is 0 Å². The maximum atomic E-state index is 10.2. The van der Waals surface area contributed by atoms with Crippen molar-refractivity contribution < 1.29 is 19.7 Å². The molecule has 0 bridgehead atoms. The van der Waals surface area contributed by atoms with Crippen molar-refractivity contribution in [3.8, 4) is 0 Å². The van der Waals surface area contributed by atoms with Crippen molar-refractivity contribution in [1.82, 2.24) is 0 Å². The number of hydrogen-bond acceptors (Lipinski definition) is 6. The maximum Gasteiger partial charge on any atom is 0.321 e. The van der Waals surface area contributed by atoms with E-state index < -0.39 is 12.0 Å². The third kappa shape index (κ3) is 6.74. The molecule has 72 valence electrons. The van der Waals surface area contributed by atoms with Crippen LogP contribution < -0.4 is 5.73 Å². The molecular formula is C5H11NO4S2. The predicted molar refractivity (Wildman–Crippen MR) is 48.7 cm³/mol. The second-order valence-corrected chi connectivity index (χ2v) is 4.25. The molecule has 0 aromatic heterocycles. The molecule has 0 heterocycles. The zero-order chi connectivity index (χ0) is 9.40. The normalized spacial score (nSPS) is 12.8. The summed E-state index contributed by atoms with van der Waals surface area (Å²) in [5.41, 5.74) is 5.21. The number of aliphatic carboxylic acids is 1. The summed E-state index contributed by atoms with van der Waals surface area (Å²) in [6.07, 6.45) is 0. The summed E-state index contributed by atoms with van der Waals surface area (Å²) in [6.45, 7) is -0.321. The molecule has 0 amide bonds. The molecule has 0 spiro atoms. The van der Waals surface area contributed by atoms with Gasteiger partial charge in [-0.3, -0.25) is 4.79 Å². The van der Waals surface area contributed by atoms with Crippen LogP contribution in [0, 0.1) is 0 Å². The quantitative estimate of drug-likeness (QED) is 0.304. The van der Waals surface area contributed by atoms with Crippen LogP contribution in [0.1, 0.15) is 0 Å². The van der Waals surface area contributed by atoms with Crippen molar-refractivity contribution in [1.29, 1.82) is 0 Å². The van der Waals surface area contributed by atoms with Gasteiger partial charge in [-0.15, -0.1) is 0 Å². The zero-order valence-electron chi connectivity index (χ0n) is 6.30. The van der Waals surface area contributed by atoms with Gasteiger partial charge in [-0.2, -0.15) is 0 Å². The molecule has 0 saturated carbocycles. The van der Waals surface area contributed by atoms with E-state index in [-0.39, 0.29) is 6.79 Å². The Kier molecular flexibility index (Phi) is 7.72. The highest BCUT2D eigenvalue weighted by molar-refractivity contribution is 8.76. The zero-order valence-corrected chi connectivity index (χ0v) is 7.94. The first-order valence-corrected chi connectivity index (χ1v) is 5.58. The highest BCUT2D eigenvalue weighted by Gasteiger charge is 2.10. The lowest BCUT2D eigenvalue weighted by atomic mass is 10.4. The molecule has 0 aliphatic heterocycles. The highest BCUT2D eigenvalue weighted by atomic mass is 33.1. The average Bonchev–Trinajstić information content (AvgIpc) is 2.03. The molecule has 5 nitrogen and oxygen atoms in total. The molecule has 1 unspecified atom stereocenters. The van der Waals surface area contributed by atoms with Crippen LogP contribution in [0.5, 0.6) is 0 Å². The maximum absolute atomic E-state index is 10.2. The second-order valence-electron chi connectivity index (χ2n) is 1.80. The minimum Gasteiger partial charge on any atom is -0.480 e. The van der Waals surface area contributed by atoms with Gasteiger partial charge in [0.15, 0.2) is 0 Å². The lowest BCUT2D eigenvalue weighted by Crippen LogP contribution is -2.32. The van der Waals surface area contributed by atoms with E-state index in [1.807, 2.05) is 0 Å². The van der Waals surface area contributed by atoms with Crippen molar-refractivity contribution in [3.05, 3.63) is 0 Å². The summed E-state index contributed by atoms with van der Waals surface area (Å²) < 4.78 is 4.59. The molecule has 0 aromatic carbocycles. The molecule has 0 rings (SSSR count). The molecule has 4 N–H and O–H groups in total. The summed E-state index contributed by atoms with van der Waals surface area (Å²) in [5.74, 6) is -0.353. The fraction of sp³-hybridized carbons (Fsp3) is 0.800. The van der Waals surface area contributed by atoms with Crippen molar-refractivity contribution >= 4 is 27.6 Å². The Morgan fingerprint density at radius 3 is 2.75 bits per heavy atom. The van der Waals surface area contributed by atoms with Crippen LogP contribution in [0.4, 0.5) is 0 Å². The first-order valence-electron chi connectivity index (χ1n) is 3.10. The molecule has 0 fully saturated rings. The van der Waals surface area contributed by atoms with Crippen LogP contribution in [0.2, 0.25) is 0 Å². The van der Waals surface area contributed by atoms with Crippen molar-refractivity contribution in [2.45, 2.75) is 6.04 Å². The van der Waals surface area contributed by atoms with E-state index in [1.54, 1.807) is 0 Å². The summed E-state index contributed by atoms with van der Waals surface area (Å²) in [7, 11) is 2.62. The Labute approximate surface area is 78.0 Å². The van der Waals surface area contributed by atoms with Gasteiger partial charge in [-0.1, -0.05) is 21.6 Å². The molecule has 12 heavy (non-hydrogen) atoms. The Bertz CT molecular complexity index is 135. The Hall–Kier alpha value is 0.0500. The molecule has 0 aliphatic carbocycles. The van der Waals surface area contributed by atoms with Gasteiger partial charge in [0, 0.05) is 5.75 Å². The molecular weight excluding hydrogens is 202 g/mol. The molecule has 0 aromatic rings. The van der Waals surface area contributed by atoms with Crippen molar-refractivity contribution in [2.75, 3.05) is 18.5 Å². The summed E-state index contributed by atoms with van der Waals surface area (Å²) in [6, 6.07) is -0.836. The smallest absolute Gasteiger partial charge is 0.321 e. The predicted octanol–water partition coefficient (Wildman–Crippen LogP) is -0.296. The Morgan fingerprint density at radius 1 is 1.58 bits per heavy atom. The topological polar surface area (TPSA) is 92.8 Å². The number of nitrogens with two attached hydrogens (primary N) is 1. The minimum atomic E-state index is -1.01. The summed E-state index contributed by atoms with van der Waals surface area (Å²) in [5, 5.41) is 16.6. The number of carbonyl (C=O) groups is 1. The first kappa shape index (κ1) is 12.0. The van der Waals surface area contributed by atoms with E-state index in [4.69, 9.17) is 15.9 Å². The highest BCUT2D eigenvalue weighted by Crippen LogP contribution is 2.21. The van der Waals surface area contributed by atoms with Gasteiger partial charge in [0.1, 0.15) is 18.8 Å². The van der Waals surface area contributed by atoms with Crippen LogP contribution in [0.25, 0.3) is 0 Å². The second kappa shape index (κ2) is 7.69. The molecule has 0 radical (unpaired) electrons. The monoisotopic (exact) mass is 213 g/mol. The van der Waals surface area contributed by atoms with Gasteiger partial charge in [-0.25, -0.2) is 0 Å². The van der Waals surface area contributed by atoms with Gasteiger partial charge < -0.3 is 20.7 Å². The Morgan fingerprint density at radius 2 is 2.25 bits per heavy atom. The van der Waals surface area contributed by atoms with Crippen LogP contribution in [-0.2, 0) is 9.53 Å². The summed E-state index contributed by atoms with van der Waals surface area (Å²) >= 11 is 0. The lowest BCUT2D eigenvalue weighted by Gasteiger charge is -2.04. The van der Waals surface area contributed by atoms with Gasteiger partial charge in [0.2, 0.25) is 0 Å². The van der Waals surface area contributed by atoms with Crippen LogP contribution >= 0.6 is 21.6 Å². The molecule has 0 saturated heterocycles. The average molecular weight is 213 g/mol. The van der Waals surface area contributed by atoms with Gasteiger partial charge in [-0.05, 0) is 0 Å². The van der Waals surface area contributed by atoms with E-state index in [0.717, 1.165) is 0 Å². The van der Waals surface area contributed by atoms with Crippen LogP contribution in [0.15, 0.2) is 0 Å². The number of aliphatic hydroxyl groups is 1. The molecule has 1 atom stereocenters. The SMILES string of the molecule is NC(CSSCOCO)C(=O)O. The fourth-order valence-electron chi connectivity index (χ4n) is 0.298. The number of ether oxygens (including phenoxy) is 1. The number of rotatable bonds is 7. The summed E-state index contributed by atoms with van der Waals surface area (Å²) in [4.78, 5) is 10.2. The molecule has 0 aliphatic rings. The van der Waals surface area contributed by atoms with Crippen LogP contribution in [0.3, 0.4) is 0 Å². The number of carboxylic acid groups (broad SMARTS) is 1. The Balaban J connectivity index is 3.14. The minimum absolute atomic E-state index is 0.321. The van der Waals surface area contributed by atoms with E-state index in [9.17, 15) is 4.79 Å². The largest absolute Gasteiger partial charge is 0.480 e. The number of hydrogen-bond donors (Lipinski definition) is 3. The van der Waals surface area contributed by atoms with E-state index in [0.29, 0.717) is 11.7 Å².